The molecule has 4 heterocycles. The third kappa shape index (κ3) is 4.41. The Balaban J connectivity index is 1.68. The summed E-state index contributed by atoms with van der Waals surface area (Å²) in [5.41, 5.74) is 2.97. The van der Waals surface area contributed by atoms with E-state index in [1.54, 1.807) is 30.1 Å². The average Bonchev–Trinajstić information content (AvgIpc) is 3.57. The molecule has 5 aromatic rings. The number of aromatic nitrogens is 6. The highest BCUT2D eigenvalue weighted by Gasteiger charge is 2.25. The Labute approximate surface area is 198 Å². The van der Waals surface area contributed by atoms with Crippen LogP contribution in [0.25, 0.3) is 21.1 Å². The van der Waals surface area contributed by atoms with E-state index in [0.29, 0.717) is 16.7 Å². The fourth-order valence-corrected chi connectivity index (χ4v) is 4.90. The van der Waals surface area contributed by atoms with E-state index in [-0.39, 0.29) is 11.9 Å². The number of rotatable bonds is 6. The SMILES string of the molecule is CC(=O)Nc1cc(-c2cc(C(c3ccc(Cl)cc3)n3cccn3)c(-c3nnc[nH]3)s2)ccn1. The molecule has 0 saturated carbocycles. The van der Waals surface area contributed by atoms with Crippen LogP contribution in [0.5, 0.6) is 0 Å². The second kappa shape index (κ2) is 8.97. The van der Waals surface area contributed by atoms with Gasteiger partial charge in [-0.15, -0.1) is 21.5 Å². The Kier molecular flexibility index (Phi) is 5.72. The first-order valence-corrected chi connectivity index (χ1v) is 11.3. The lowest BCUT2D eigenvalue weighted by atomic mass is 9.98. The molecular weight excluding hydrogens is 458 g/mol. The first kappa shape index (κ1) is 21.0. The first-order chi connectivity index (χ1) is 16.1. The highest BCUT2D eigenvalue weighted by Crippen LogP contribution is 2.43. The normalized spacial score (nSPS) is 11.9. The Bertz CT molecular complexity index is 1380. The molecule has 1 unspecified atom stereocenters. The van der Waals surface area contributed by atoms with Crippen LogP contribution in [0.15, 0.2) is 73.4 Å². The maximum absolute atomic E-state index is 11.5. The molecular formula is C23H18ClN7OS. The van der Waals surface area contributed by atoms with Crippen molar-refractivity contribution in [3.63, 3.8) is 0 Å². The van der Waals surface area contributed by atoms with Crippen LogP contribution in [0.1, 0.15) is 24.1 Å². The third-order valence-corrected chi connectivity index (χ3v) is 6.47. The van der Waals surface area contributed by atoms with E-state index in [0.717, 1.165) is 26.4 Å². The minimum atomic E-state index is -0.209. The number of anilines is 1. The van der Waals surface area contributed by atoms with Crippen molar-refractivity contribution in [2.45, 2.75) is 13.0 Å². The zero-order valence-electron chi connectivity index (χ0n) is 17.4. The van der Waals surface area contributed by atoms with Crippen molar-refractivity contribution < 1.29 is 4.79 Å². The van der Waals surface area contributed by atoms with E-state index in [2.05, 4.69) is 36.6 Å². The molecule has 5 rings (SSSR count). The molecule has 1 amide bonds. The maximum atomic E-state index is 11.5. The molecule has 0 aliphatic heterocycles. The molecule has 164 valence electrons. The number of aromatic amines is 1. The molecule has 0 radical (unpaired) electrons. The van der Waals surface area contributed by atoms with Crippen molar-refractivity contribution in [1.82, 2.24) is 29.9 Å². The van der Waals surface area contributed by atoms with Gasteiger partial charge >= 0.3 is 0 Å². The van der Waals surface area contributed by atoms with Gasteiger partial charge in [-0.05, 0) is 47.5 Å². The fourth-order valence-electron chi connectivity index (χ4n) is 3.64. The molecule has 1 aromatic carbocycles. The minimum absolute atomic E-state index is 0.171. The Morgan fingerprint density at radius 3 is 2.73 bits per heavy atom. The number of benzene rings is 1. The Morgan fingerprint density at radius 2 is 2.03 bits per heavy atom. The molecule has 0 saturated heterocycles. The molecule has 0 aliphatic rings. The smallest absolute Gasteiger partial charge is 0.222 e. The second-order valence-corrected chi connectivity index (χ2v) is 8.77. The molecule has 0 fully saturated rings. The summed E-state index contributed by atoms with van der Waals surface area (Å²) in [6.45, 7) is 1.46. The van der Waals surface area contributed by atoms with E-state index in [1.807, 2.05) is 53.3 Å². The van der Waals surface area contributed by atoms with Gasteiger partial charge in [0.15, 0.2) is 5.82 Å². The van der Waals surface area contributed by atoms with Crippen LogP contribution in [0.4, 0.5) is 5.82 Å². The highest BCUT2D eigenvalue weighted by atomic mass is 35.5. The first-order valence-electron chi connectivity index (χ1n) is 10.1. The Morgan fingerprint density at radius 1 is 1.18 bits per heavy atom. The van der Waals surface area contributed by atoms with Crippen LogP contribution < -0.4 is 5.32 Å². The van der Waals surface area contributed by atoms with Gasteiger partial charge in [0.2, 0.25) is 5.91 Å². The number of pyridine rings is 1. The average molecular weight is 476 g/mol. The summed E-state index contributed by atoms with van der Waals surface area (Å²) < 4.78 is 1.91. The topological polar surface area (TPSA) is 101 Å². The predicted octanol–water partition coefficient (Wildman–Crippen LogP) is 5.04. The molecule has 1 atom stereocenters. The van der Waals surface area contributed by atoms with E-state index >= 15 is 0 Å². The monoisotopic (exact) mass is 475 g/mol. The van der Waals surface area contributed by atoms with Crippen molar-refractivity contribution in [2.24, 2.45) is 0 Å². The number of nitrogens with one attached hydrogen (secondary N) is 2. The number of amides is 1. The van der Waals surface area contributed by atoms with Crippen LogP contribution in [0, 0.1) is 0 Å². The van der Waals surface area contributed by atoms with Gasteiger partial charge in [0.25, 0.3) is 0 Å². The fraction of sp³-hybridized carbons (Fsp3) is 0.0870. The number of H-pyrrole nitrogens is 1. The van der Waals surface area contributed by atoms with Crippen LogP contribution in [-0.2, 0) is 4.79 Å². The van der Waals surface area contributed by atoms with Crippen LogP contribution >= 0.6 is 22.9 Å². The number of carbonyl (C=O) groups is 1. The van der Waals surface area contributed by atoms with Gasteiger partial charge < -0.3 is 10.3 Å². The van der Waals surface area contributed by atoms with Gasteiger partial charge in [-0.3, -0.25) is 9.48 Å². The van der Waals surface area contributed by atoms with E-state index in [9.17, 15) is 4.79 Å². The van der Waals surface area contributed by atoms with E-state index < -0.39 is 0 Å². The number of halogens is 1. The van der Waals surface area contributed by atoms with Crippen molar-refractivity contribution in [1.29, 1.82) is 0 Å². The largest absolute Gasteiger partial charge is 0.327 e. The minimum Gasteiger partial charge on any atom is -0.327 e. The second-order valence-electron chi connectivity index (χ2n) is 7.28. The molecule has 33 heavy (non-hydrogen) atoms. The van der Waals surface area contributed by atoms with Crippen molar-refractivity contribution in [3.8, 4) is 21.1 Å². The van der Waals surface area contributed by atoms with Crippen LogP contribution in [0.3, 0.4) is 0 Å². The summed E-state index contributed by atoms with van der Waals surface area (Å²) in [5.74, 6) is 0.997. The van der Waals surface area contributed by atoms with Gasteiger partial charge in [-0.25, -0.2) is 4.98 Å². The van der Waals surface area contributed by atoms with Gasteiger partial charge in [0, 0.05) is 41.0 Å². The quantitative estimate of drug-likeness (QED) is 0.358. The van der Waals surface area contributed by atoms with Gasteiger partial charge in [-0.1, -0.05) is 23.7 Å². The summed E-state index contributed by atoms with van der Waals surface area (Å²) in [7, 11) is 0. The van der Waals surface area contributed by atoms with Gasteiger partial charge in [-0.2, -0.15) is 5.10 Å². The lowest BCUT2D eigenvalue weighted by Gasteiger charge is -2.19. The molecule has 2 N–H and O–H groups in total. The van der Waals surface area contributed by atoms with E-state index in [1.165, 1.54) is 6.92 Å². The maximum Gasteiger partial charge on any atom is 0.222 e. The van der Waals surface area contributed by atoms with Crippen molar-refractivity contribution in [3.05, 3.63) is 89.6 Å². The molecule has 0 aliphatic carbocycles. The molecule has 8 nitrogen and oxygen atoms in total. The zero-order valence-corrected chi connectivity index (χ0v) is 19.0. The summed E-state index contributed by atoms with van der Waals surface area (Å²) >= 11 is 7.74. The zero-order chi connectivity index (χ0) is 22.8. The number of hydrogen-bond donors (Lipinski definition) is 2. The van der Waals surface area contributed by atoms with Crippen molar-refractivity contribution >= 4 is 34.7 Å². The summed E-state index contributed by atoms with van der Waals surface area (Å²) in [6, 6.07) is 15.3. The standard InChI is InChI=1S/C23H18ClN7OS/c1-14(32)29-20-11-16(7-9-25-20)19-12-18(22(33-19)23-26-13-27-30-23)21(31-10-2-8-28-31)15-3-5-17(24)6-4-15/h2-13,21H,1H3,(H,25,29,32)(H,26,27,30). The van der Waals surface area contributed by atoms with Gasteiger partial charge in [0.05, 0.1) is 4.88 Å². The third-order valence-electron chi connectivity index (χ3n) is 5.01. The lowest BCUT2D eigenvalue weighted by molar-refractivity contribution is -0.114. The van der Waals surface area contributed by atoms with Crippen molar-refractivity contribution in [2.75, 3.05) is 5.32 Å². The summed E-state index contributed by atoms with van der Waals surface area (Å²) in [4.78, 5) is 20.8. The molecule has 0 spiro atoms. The number of carbonyl (C=O) groups excluding carboxylic acids is 1. The predicted molar refractivity (Wildman–Crippen MR) is 128 cm³/mol. The summed E-state index contributed by atoms with van der Waals surface area (Å²) in [5, 5.41) is 16.2. The molecule has 4 aromatic heterocycles. The summed E-state index contributed by atoms with van der Waals surface area (Å²) in [6.07, 6.45) is 6.93. The van der Waals surface area contributed by atoms with Crippen LogP contribution in [0.2, 0.25) is 5.02 Å². The number of thiophene rings is 1. The van der Waals surface area contributed by atoms with E-state index in [4.69, 9.17) is 11.6 Å². The highest BCUT2D eigenvalue weighted by molar-refractivity contribution is 7.19. The van der Waals surface area contributed by atoms with Gasteiger partial charge in [0.1, 0.15) is 18.2 Å². The number of hydrogen-bond acceptors (Lipinski definition) is 6. The number of nitrogens with zero attached hydrogens (tertiary/aromatic N) is 5. The lowest BCUT2D eigenvalue weighted by Crippen LogP contribution is -2.13. The van der Waals surface area contributed by atoms with Crippen LogP contribution in [-0.4, -0.2) is 35.9 Å². The molecule has 0 bridgehead atoms. The molecule has 10 heteroatoms. The Hall–Kier alpha value is -3.82.